The molecule has 1 aliphatic heterocycles. The summed E-state index contributed by atoms with van der Waals surface area (Å²) in [7, 11) is 0. The standard InChI is InChI=1S/C10H18O2.CH2O/c1-3-5-7-10(6-4-2)8-9-11-12-10;1-2/h4H,2-3,5-9H2,1H3;1H2. The topological polar surface area (TPSA) is 35.5 Å². The van der Waals surface area contributed by atoms with Crippen LogP contribution in [0.3, 0.4) is 0 Å². The summed E-state index contributed by atoms with van der Waals surface area (Å²) in [5.74, 6) is 0. The Hall–Kier alpha value is -0.670. The molecule has 3 nitrogen and oxygen atoms in total. The van der Waals surface area contributed by atoms with Gasteiger partial charge in [0.15, 0.2) is 0 Å². The summed E-state index contributed by atoms with van der Waals surface area (Å²) < 4.78 is 0. The lowest BCUT2D eigenvalue weighted by Gasteiger charge is -2.23. The molecule has 0 saturated carbocycles. The second-order valence-corrected chi connectivity index (χ2v) is 3.43. The normalized spacial score (nSPS) is 25.2. The molecule has 0 aromatic heterocycles. The van der Waals surface area contributed by atoms with Crippen molar-refractivity contribution in [2.24, 2.45) is 0 Å². The zero-order chi connectivity index (χ0) is 10.9. The fourth-order valence-corrected chi connectivity index (χ4v) is 1.60. The number of carbonyl (C=O) groups is 1. The molecule has 0 aliphatic carbocycles. The van der Waals surface area contributed by atoms with Crippen molar-refractivity contribution in [2.75, 3.05) is 6.61 Å². The van der Waals surface area contributed by atoms with Crippen molar-refractivity contribution < 1.29 is 14.6 Å². The Labute approximate surface area is 86.0 Å². The molecule has 3 heteroatoms. The molecular formula is C11H20O3. The van der Waals surface area contributed by atoms with E-state index >= 15 is 0 Å². The number of unbranched alkanes of at least 4 members (excludes halogenated alkanes) is 1. The SMILES string of the molecule is C=CCC1(CCCC)CCOO1.C=O. The third kappa shape index (κ3) is 4.03. The van der Waals surface area contributed by atoms with Crippen molar-refractivity contribution in [2.45, 2.75) is 44.6 Å². The van der Waals surface area contributed by atoms with Crippen LogP contribution in [-0.4, -0.2) is 19.0 Å². The Kier molecular flexibility index (Phi) is 7.34. The Balaban J connectivity index is 0.000000791. The van der Waals surface area contributed by atoms with Crippen LogP contribution in [-0.2, 0) is 14.6 Å². The van der Waals surface area contributed by atoms with Crippen LogP contribution in [0.5, 0.6) is 0 Å². The van der Waals surface area contributed by atoms with Gasteiger partial charge in [-0.1, -0.05) is 25.8 Å². The van der Waals surface area contributed by atoms with E-state index in [1.54, 1.807) is 0 Å². The fourth-order valence-electron chi connectivity index (χ4n) is 1.60. The first-order chi connectivity index (χ1) is 6.83. The molecule has 1 rings (SSSR count). The maximum absolute atomic E-state index is 8.00. The third-order valence-corrected chi connectivity index (χ3v) is 2.38. The quantitative estimate of drug-likeness (QED) is 0.505. The predicted molar refractivity (Wildman–Crippen MR) is 55.8 cm³/mol. The van der Waals surface area contributed by atoms with E-state index in [-0.39, 0.29) is 5.60 Å². The molecular weight excluding hydrogens is 180 g/mol. The molecule has 0 N–H and O–H groups in total. The van der Waals surface area contributed by atoms with Gasteiger partial charge in [-0.2, -0.15) is 0 Å². The summed E-state index contributed by atoms with van der Waals surface area (Å²) in [4.78, 5) is 18.3. The van der Waals surface area contributed by atoms with Gasteiger partial charge in [0.2, 0.25) is 0 Å². The van der Waals surface area contributed by atoms with Gasteiger partial charge in [0.25, 0.3) is 0 Å². The molecule has 0 aromatic carbocycles. The van der Waals surface area contributed by atoms with Gasteiger partial charge >= 0.3 is 0 Å². The number of hydrogen-bond acceptors (Lipinski definition) is 3. The lowest BCUT2D eigenvalue weighted by molar-refractivity contribution is -0.309. The second-order valence-electron chi connectivity index (χ2n) is 3.43. The minimum atomic E-state index is -0.0439. The van der Waals surface area contributed by atoms with E-state index in [0.29, 0.717) is 0 Å². The summed E-state index contributed by atoms with van der Waals surface area (Å²) >= 11 is 0. The van der Waals surface area contributed by atoms with Crippen LogP contribution < -0.4 is 0 Å². The van der Waals surface area contributed by atoms with Gasteiger partial charge in [0.05, 0.1) is 6.61 Å². The van der Waals surface area contributed by atoms with Crippen LogP contribution in [0.15, 0.2) is 12.7 Å². The van der Waals surface area contributed by atoms with Crippen LogP contribution in [0.4, 0.5) is 0 Å². The van der Waals surface area contributed by atoms with Gasteiger partial charge in [-0.05, 0) is 12.8 Å². The van der Waals surface area contributed by atoms with E-state index in [2.05, 4.69) is 13.5 Å². The van der Waals surface area contributed by atoms with Crippen LogP contribution in [0.25, 0.3) is 0 Å². The van der Waals surface area contributed by atoms with Crippen LogP contribution in [0, 0.1) is 0 Å². The van der Waals surface area contributed by atoms with Crippen molar-refractivity contribution in [3.63, 3.8) is 0 Å². The van der Waals surface area contributed by atoms with Gasteiger partial charge < -0.3 is 4.79 Å². The molecule has 0 bridgehead atoms. The molecule has 1 unspecified atom stereocenters. The molecule has 1 atom stereocenters. The van der Waals surface area contributed by atoms with Crippen molar-refractivity contribution in [1.82, 2.24) is 0 Å². The van der Waals surface area contributed by atoms with Crippen molar-refractivity contribution >= 4 is 6.79 Å². The first kappa shape index (κ1) is 13.3. The first-order valence-corrected chi connectivity index (χ1v) is 5.03. The highest BCUT2D eigenvalue weighted by atomic mass is 17.2. The van der Waals surface area contributed by atoms with E-state index in [1.807, 2.05) is 12.9 Å². The predicted octanol–water partition coefficient (Wildman–Crippen LogP) is 2.66. The minimum Gasteiger partial charge on any atom is -0.307 e. The zero-order valence-electron chi connectivity index (χ0n) is 8.96. The summed E-state index contributed by atoms with van der Waals surface area (Å²) in [5, 5.41) is 0. The minimum absolute atomic E-state index is 0.0439. The van der Waals surface area contributed by atoms with Crippen molar-refractivity contribution in [3.05, 3.63) is 12.7 Å². The van der Waals surface area contributed by atoms with E-state index in [9.17, 15) is 0 Å². The molecule has 0 aromatic rings. The molecule has 82 valence electrons. The Morgan fingerprint density at radius 2 is 2.21 bits per heavy atom. The average molecular weight is 200 g/mol. The second kappa shape index (κ2) is 7.71. The highest BCUT2D eigenvalue weighted by Gasteiger charge is 2.35. The summed E-state index contributed by atoms with van der Waals surface area (Å²) in [6, 6.07) is 0. The van der Waals surface area contributed by atoms with E-state index in [4.69, 9.17) is 14.6 Å². The summed E-state index contributed by atoms with van der Waals surface area (Å²) in [6.07, 6.45) is 7.35. The molecule has 1 saturated heterocycles. The van der Waals surface area contributed by atoms with Crippen molar-refractivity contribution in [3.8, 4) is 0 Å². The third-order valence-electron chi connectivity index (χ3n) is 2.38. The molecule has 0 radical (unpaired) electrons. The smallest absolute Gasteiger partial charge is 0.109 e. The van der Waals surface area contributed by atoms with Gasteiger partial charge in [-0.25, -0.2) is 9.78 Å². The van der Waals surface area contributed by atoms with Crippen LogP contribution in [0.2, 0.25) is 0 Å². The Bertz CT molecular complexity index is 151. The number of hydrogen-bond donors (Lipinski definition) is 0. The van der Waals surface area contributed by atoms with Crippen LogP contribution >= 0.6 is 0 Å². The maximum Gasteiger partial charge on any atom is 0.109 e. The number of carbonyl (C=O) groups excluding carboxylic acids is 1. The summed E-state index contributed by atoms with van der Waals surface area (Å²) in [5.41, 5.74) is -0.0439. The highest BCUT2D eigenvalue weighted by Crippen LogP contribution is 2.32. The molecule has 14 heavy (non-hydrogen) atoms. The number of rotatable bonds is 5. The van der Waals surface area contributed by atoms with E-state index in [0.717, 1.165) is 25.9 Å². The van der Waals surface area contributed by atoms with E-state index < -0.39 is 0 Å². The Morgan fingerprint density at radius 1 is 1.50 bits per heavy atom. The van der Waals surface area contributed by atoms with Crippen molar-refractivity contribution in [1.29, 1.82) is 0 Å². The first-order valence-electron chi connectivity index (χ1n) is 5.03. The Morgan fingerprint density at radius 3 is 2.64 bits per heavy atom. The lowest BCUT2D eigenvalue weighted by Crippen LogP contribution is -2.26. The monoisotopic (exact) mass is 200 g/mol. The molecule has 1 heterocycles. The zero-order valence-corrected chi connectivity index (χ0v) is 8.96. The molecule has 1 fully saturated rings. The molecule has 1 aliphatic rings. The van der Waals surface area contributed by atoms with E-state index in [1.165, 1.54) is 12.8 Å². The van der Waals surface area contributed by atoms with Gasteiger partial charge in [0.1, 0.15) is 12.4 Å². The maximum atomic E-state index is 8.00. The van der Waals surface area contributed by atoms with Crippen LogP contribution in [0.1, 0.15) is 39.0 Å². The molecule has 0 amide bonds. The lowest BCUT2D eigenvalue weighted by atomic mass is 9.90. The van der Waals surface area contributed by atoms with Gasteiger partial charge in [0, 0.05) is 6.42 Å². The fraction of sp³-hybridized carbons (Fsp3) is 0.727. The van der Waals surface area contributed by atoms with Gasteiger partial charge in [-0.3, -0.25) is 0 Å². The highest BCUT2D eigenvalue weighted by molar-refractivity contribution is 5.10. The average Bonchev–Trinajstić information content (AvgIpc) is 2.68. The molecule has 0 spiro atoms. The van der Waals surface area contributed by atoms with Gasteiger partial charge in [-0.15, -0.1) is 6.58 Å². The largest absolute Gasteiger partial charge is 0.307 e. The summed E-state index contributed by atoms with van der Waals surface area (Å²) in [6.45, 7) is 8.67.